The predicted molar refractivity (Wildman–Crippen MR) is 80.5 cm³/mol. The SMILES string of the molecule is CN(Cc1cccc(F)c1)C(=O)c1cc2ccccc2[nH]1. The van der Waals surface area contributed by atoms with Crippen LogP contribution in [0.3, 0.4) is 0 Å². The van der Waals surface area contributed by atoms with Gasteiger partial charge in [-0.05, 0) is 29.8 Å². The molecule has 3 rings (SSSR count). The molecule has 1 amide bonds. The molecule has 0 saturated heterocycles. The summed E-state index contributed by atoms with van der Waals surface area (Å²) in [7, 11) is 1.71. The lowest BCUT2D eigenvalue weighted by Crippen LogP contribution is -2.26. The van der Waals surface area contributed by atoms with Crippen LogP contribution in [-0.2, 0) is 6.54 Å². The molecular weight excluding hydrogens is 267 g/mol. The van der Waals surface area contributed by atoms with Crippen LogP contribution in [0.25, 0.3) is 10.9 Å². The lowest BCUT2D eigenvalue weighted by Gasteiger charge is -2.16. The molecule has 0 fully saturated rings. The molecule has 21 heavy (non-hydrogen) atoms. The summed E-state index contributed by atoms with van der Waals surface area (Å²) < 4.78 is 13.2. The smallest absolute Gasteiger partial charge is 0.270 e. The summed E-state index contributed by atoms with van der Waals surface area (Å²) in [6, 6.07) is 15.8. The number of carbonyl (C=O) groups is 1. The molecule has 0 spiro atoms. The number of hydrogen-bond donors (Lipinski definition) is 1. The quantitative estimate of drug-likeness (QED) is 0.783. The number of nitrogens with one attached hydrogen (secondary N) is 1. The van der Waals surface area contributed by atoms with Gasteiger partial charge in [-0.1, -0.05) is 30.3 Å². The molecule has 0 aliphatic rings. The average Bonchev–Trinajstić information content (AvgIpc) is 2.90. The zero-order valence-electron chi connectivity index (χ0n) is 11.6. The molecule has 0 aliphatic heterocycles. The first-order valence-electron chi connectivity index (χ1n) is 6.71. The van der Waals surface area contributed by atoms with Crippen LogP contribution in [0.15, 0.2) is 54.6 Å². The highest BCUT2D eigenvalue weighted by Gasteiger charge is 2.14. The average molecular weight is 282 g/mol. The van der Waals surface area contributed by atoms with Gasteiger partial charge in [0.2, 0.25) is 0 Å². The number of carbonyl (C=O) groups excluding carboxylic acids is 1. The normalized spacial score (nSPS) is 10.8. The Hall–Kier alpha value is -2.62. The number of aromatic nitrogens is 1. The summed E-state index contributed by atoms with van der Waals surface area (Å²) in [5.74, 6) is -0.408. The maximum absolute atomic E-state index is 13.2. The first-order chi connectivity index (χ1) is 10.1. The van der Waals surface area contributed by atoms with Crippen molar-refractivity contribution >= 4 is 16.8 Å². The number of H-pyrrole nitrogens is 1. The highest BCUT2D eigenvalue weighted by atomic mass is 19.1. The molecule has 0 aliphatic carbocycles. The van der Waals surface area contributed by atoms with Crippen molar-refractivity contribution in [2.45, 2.75) is 6.54 Å². The molecule has 4 heteroatoms. The van der Waals surface area contributed by atoms with Crippen molar-refractivity contribution in [1.29, 1.82) is 0 Å². The topological polar surface area (TPSA) is 36.1 Å². The van der Waals surface area contributed by atoms with E-state index < -0.39 is 0 Å². The molecule has 1 heterocycles. The van der Waals surface area contributed by atoms with Gasteiger partial charge in [0.15, 0.2) is 0 Å². The fourth-order valence-electron chi connectivity index (χ4n) is 2.38. The third kappa shape index (κ3) is 2.79. The molecular formula is C17H15FN2O. The zero-order valence-corrected chi connectivity index (χ0v) is 11.6. The zero-order chi connectivity index (χ0) is 14.8. The van der Waals surface area contributed by atoms with Crippen molar-refractivity contribution in [2.75, 3.05) is 7.05 Å². The molecule has 3 aromatic rings. The minimum atomic E-state index is -0.293. The number of benzene rings is 2. The Bertz CT molecular complexity index is 761. The van der Waals surface area contributed by atoms with Gasteiger partial charge < -0.3 is 9.88 Å². The number of rotatable bonds is 3. The Morgan fingerprint density at radius 1 is 1.14 bits per heavy atom. The Kier molecular flexibility index (Phi) is 3.44. The second-order valence-corrected chi connectivity index (χ2v) is 5.06. The van der Waals surface area contributed by atoms with Gasteiger partial charge in [0.25, 0.3) is 5.91 Å². The monoisotopic (exact) mass is 282 g/mol. The minimum absolute atomic E-state index is 0.115. The van der Waals surface area contributed by atoms with E-state index in [4.69, 9.17) is 0 Å². The number of para-hydroxylation sites is 1. The van der Waals surface area contributed by atoms with Gasteiger partial charge in [-0.3, -0.25) is 4.79 Å². The van der Waals surface area contributed by atoms with Gasteiger partial charge in [0, 0.05) is 24.5 Å². The Morgan fingerprint density at radius 2 is 1.95 bits per heavy atom. The number of nitrogens with zero attached hydrogens (tertiary/aromatic N) is 1. The van der Waals surface area contributed by atoms with Gasteiger partial charge >= 0.3 is 0 Å². The standard InChI is InChI=1S/C17H15FN2O/c1-20(11-12-5-4-7-14(18)9-12)17(21)16-10-13-6-2-3-8-15(13)19-16/h2-10,19H,11H2,1H3. The van der Waals surface area contributed by atoms with E-state index in [0.717, 1.165) is 16.5 Å². The van der Waals surface area contributed by atoms with E-state index in [0.29, 0.717) is 12.2 Å². The number of amides is 1. The number of fused-ring (bicyclic) bond motifs is 1. The van der Waals surface area contributed by atoms with Crippen LogP contribution < -0.4 is 0 Å². The van der Waals surface area contributed by atoms with Crippen LogP contribution >= 0.6 is 0 Å². The van der Waals surface area contributed by atoms with Crippen LogP contribution in [0.5, 0.6) is 0 Å². The summed E-state index contributed by atoms with van der Waals surface area (Å²) in [6.07, 6.45) is 0. The molecule has 1 aromatic heterocycles. The van der Waals surface area contributed by atoms with Gasteiger partial charge in [-0.25, -0.2) is 4.39 Å². The lowest BCUT2D eigenvalue weighted by atomic mass is 10.2. The summed E-state index contributed by atoms with van der Waals surface area (Å²) in [5, 5.41) is 1.00. The number of halogens is 1. The Morgan fingerprint density at radius 3 is 2.71 bits per heavy atom. The summed E-state index contributed by atoms with van der Waals surface area (Å²) >= 11 is 0. The molecule has 0 unspecified atom stereocenters. The minimum Gasteiger partial charge on any atom is -0.351 e. The predicted octanol–water partition coefficient (Wildman–Crippen LogP) is 3.58. The van der Waals surface area contributed by atoms with Crippen LogP contribution in [0.4, 0.5) is 4.39 Å². The number of aromatic amines is 1. The molecule has 0 saturated carbocycles. The van der Waals surface area contributed by atoms with E-state index in [1.165, 1.54) is 12.1 Å². The van der Waals surface area contributed by atoms with Crippen molar-refractivity contribution in [1.82, 2.24) is 9.88 Å². The van der Waals surface area contributed by atoms with Crippen LogP contribution in [-0.4, -0.2) is 22.8 Å². The van der Waals surface area contributed by atoms with Crippen molar-refractivity contribution in [2.24, 2.45) is 0 Å². The fourth-order valence-corrected chi connectivity index (χ4v) is 2.38. The molecule has 106 valence electrons. The maximum Gasteiger partial charge on any atom is 0.270 e. The second kappa shape index (κ2) is 5.40. The highest BCUT2D eigenvalue weighted by Crippen LogP contribution is 2.16. The van der Waals surface area contributed by atoms with E-state index in [9.17, 15) is 9.18 Å². The molecule has 2 aromatic carbocycles. The molecule has 3 nitrogen and oxygen atoms in total. The molecule has 1 N–H and O–H groups in total. The third-order valence-corrected chi connectivity index (χ3v) is 3.42. The largest absolute Gasteiger partial charge is 0.351 e. The van der Waals surface area contributed by atoms with E-state index in [1.807, 2.05) is 30.3 Å². The van der Waals surface area contributed by atoms with Gasteiger partial charge in [0.1, 0.15) is 11.5 Å². The highest BCUT2D eigenvalue weighted by molar-refractivity contribution is 5.97. The maximum atomic E-state index is 13.2. The van der Waals surface area contributed by atoms with E-state index in [-0.39, 0.29) is 11.7 Å². The molecule has 0 atom stereocenters. The number of hydrogen-bond acceptors (Lipinski definition) is 1. The first kappa shape index (κ1) is 13.4. The summed E-state index contributed by atoms with van der Waals surface area (Å²) in [5.41, 5.74) is 2.23. The van der Waals surface area contributed by atoms with Crippen molar-refractivity contribution in [3.8, 4) is 0 Å². The Balaban J connectivity index is 1.80. The summed E-state index contributed by atoms with van der Waals surface area (Å²) in [4.78, 5) is 17.1. The lowest BCUT2D eigenvalue weighted by molar-refractivity contribution is 0.0780. The van der Waals surface area contributed by atoms with Crippen molar-refractivity contribution < 1.29 is 9.18 Å². The molecule has 0 bridgehead atoms. The van der Waals surface area contributed by atoms with E-state index in [1.54, 1.807) is 24.1 Å². The van der Waals surface area contributed by atoms with Gasteiger partial charge in [-0.2, -0.15) is 0 Å². The van der Waals surface area contributed by atoms with Gasteiger partial charge in [-0.15, -0.1) is 0 Å². The summed E-state index contributed by atoms with van der Waals surface area (Å²) in [6.45, 7) is 0.367. The van der Waals surface area contributed by atoms with Crippen LogP contribution in [0.2, 0.25) is 0 Å². The fraction of sp³-hybridized carbons (Fsp3) is 0.118. The van der Waals surface area contributed by atoms with E-state index in [2.05, 4.69) is 4.98 Å². The van der Waals surface area contributed by atoms with Crippen LogP contribution in [0.1, 0.15) is 16.1 Å². The third-order valence-electron chi connectivity index (χ3n) is 3.42. The second-order valence-electron chi connectivity index (χ2n) is 5.06. The van der Waals surface area contributed by atoms with Gasteiger partial charge in [0.05, 0.1) is 0 Å². The van der Waals surface area contributed by atoms with Crippen molar-refractivity contribution in [3.05, 3.63) is 71.7 Å². The first-order valence-corrected chi connectivity index (χ1v) is 6.71. The van der Waals surface area contributed by atoms with Crippen molar-refractivity contribution in [3.63, 3.8) is 0 Å². The molecule has 0 radical (unpaired) electrons. The Labute approximate surface area is 122 Å². The van der Waals surface area contributed by atoms with Crippen LogP contribution in [0, 0.1) is 5.82 Å². The van der Waals surface area contributed by atoms with E-state index >= 15 is 0 Å².